The maximum Gasteiger partial charge on any atom is 0.281 e. The molecule has 4 aromatic rings. The van der Waals surface area contributed by atoms with E-state index in [1.807, 2.05) is 43.3 Å². The average Bonchev–Trinajstić information content (AvgIpc) is 3.47. The van der Waals surface area contributed by atoms with E-state index in [0.29, 0.717) is 39.0 Å². The topological polar surface area (TPSA) is 121 Å². The molecule has 3 N–H and O–H groups in total. The number of nitrogens with one attached hydrogen (secondary N) is 3. The van der Waals surface area contributed by atoms with Crippen LogP contribution in [-0.2, 0) is 6.54 Å². The van der Waals surface area contributed by atoms with Crippen molar-refractivity contribution in [2.45, 2.75) is 27.3 Å². The molecule has 1 aromatic carbocycles. The summed E-state index contributed by atoms with van der Waals surface area (Å²) >= 11 is 1.05. The highest BCUT2D eigenvalue weighted by molar-refractivity contribution is 7.15. The molecular weight excluding hydrogens is 464 g/mol. The van der Waals surface area contributed by atoms with E-state index < -0.39 is 5.91 Å². The number of carbonyl (C=O) groups excluding carboxylic acids is 2. The first-order valence-corrected chi connectivity index (χ1v) is 11.7. The monoisotopic (exact) mass is 488 g/mol. The van der Waals surface area contributed by atoms with Crippen LogP contribution < -0.4 is 16.3 Å². The van der Waals surface area contributed by atoms with Gasteiger partial charge >= 0.3 is 0 Å². The Hall–Kier alpha value is -4.31. The van der Waals surface area contributed by atoms with Crippen LogP contribution in [0.5, 0.6) is 0 Å². The molecule has 0 radical (unpaired) electrons. The molecule has 0 aliphatic carbocycles. The maximum atomic E-state index is 13.0. The number of thiophene rings is 1. The normalized spacial score (nSPS) is 11.3. The summed E-state index contributed by atoms with van der Waals surface area (Å²) in [4.78, 5) is 42.8. The van der Waals surface area contributed by atoms with Crippen molar-refractivity contribution in [3.8, 4) is 5.69 Å². The van der Waals surface area contributed by atoms with Crippen LogP contribution in [0.4, 0.5) is 0 Å². The highest BCUT2D eigenvalue weighted by Crippen LogP contribution is 2.17. The van der Waals surface area contributed by atoms with Crippen molar-refractivity contribution in [1.82, 2.24) is 25.5 Å². The van der Waals surface area contributed by atoms with Crippen molar-refractivity contribution in [2.75, 3.05) is 0 Å². The van der Waals surface area contributed by atoms with E-state index in [2.05, 4.69) is 25.9 Å². The summed E-state index contributed by atoms with van der Waals surface area (Å²) in [7, 11) is 0. The maximum absolute atomic E-state index is 13.0. The summed E-state index contributed by atoms with van der Waals surface area (Å²) in [5, 5.41) is 9.96. The summed E-state index contributed by atoms with van der Waals surface area (Å²) in [6, 6.07) is 16.2. The molecule has 0 atom stereocenters. The fraction of sp³-hybridized carbons (Fsp3) is 0.160. The SMILES string of the molecule is C/C(=N\NC(=O)c1ccc(C(=O)NCc2ccccn2)s1)c1c(C)[nH]n(-c2ccc(C)cc2)c1=O. The zero-order chi connectivity index (χ0) is 24.9. The fourth-order valence-corrected chi connectivity index (χ4v) is 4.25. The van der Waals surface area contributed by atoms with Gasteiger partial charge < -0.3 is 5.32 Å². The number of hydrazone groups is 1. The highest BCUT2D eigenvalue weighted by Gasteiger charge is 2.17. The molecule has 0 fully saturated rings. The number of pyridine rings is 1. The van der Waals surface area contributed by atoms with Crippen molar-refractivity contribution < 1.29 is 9.59 Å². The van der Waals surface area contributed by atoms with Crippen molar-refractivity contribution >= 4 is 28.9 Å². The van der Waals surface area contributed by atoms with Gasteiger partial charge in [-0.1, -0.05) is 23.8 Å². The van der Waals surface area contributed by atoms with E-state index in [9.17, 15) is 14.4 Å². The Morgan fingerprint density at radius 1 is 1.03 bits per heavy atom. The highest BCUT2D eigenvalue weighted by atomic mass is 32.1. The van der Waals surface area contributed by atoms with Gasteiger partial charge in [0.1, 0.15) is 0 Å². The van der Waals surface area contributed by atoms with Crippen LogP contribution in [0.2, 0.25) is 0 Å². The van der Waals surface area contributed by atoms with Crippen LogP contribution in [0, 0.1) is 13.8 Å². The largest absolute Gasteiger partial charge is 0.346 e. The van der Waals surface area contributed by atoms with Gasteiger partial charge in [0.05, 0.1) is 39.0 Å². The summed E-state index contributed by atoms with van der Waals surface area (Å²) in [6.45, 7) is 5.70. The number of benzene rings is 1. The number of rotatable bonds is 7. The number of H-pyrrole nitrogens is 1. The molecule has 0 saturated carbocycles. The summed E-state index contributed by atoms with van der Waals surface area (Å²) in [5.41, 5.74) is 6.13. The van der Waals surface area contributed by atoms with Crippen LogP contribution >= 0.6 is 11.3 Å². The average molecular weight is 489 g/mol. The van der Waals surface area contributed by atoms with Crippen LogP contribution in [0.3, 0.4) is 0 Å². The first-order valence-electron chi connectivity index (χ1n) is 10.8. The third kappa shape index (κ3) is 5.44. The van der Waals surface area contributed by atoms with Gasteiger partial charge in [-0.05, 0) is 57.2 Å². The summed E-state index contributed by atoms with van der Waals surface area (Å²) < 4.78 is 1.44. The van der Waals surface area contributed by atoms with Gasteiger partial charge in [-0.25, -0.2) is 10.1 Å². The lowest BCUT2D eigenvalue weighted by Crippen LogP contribution is -2.23. The lowest BCUT2D eigenvalue weighted by Gasteiger charge is -2.02. The van der Waals surface area contributed by atoms with E-state index in [-0.39, 0.29) is 11.5 Å². The predicted octanol–water partition coefficient (Wildman–Crippen LogP) is 3.32. The smallest absolute Gasteiger partial charge is 0.281 e. The van der Waals surface area contributed by atoms with E-state index >= 15 is 0 Å². The van der Waals surface area contributed by atoms with Crippen molar-refractivity contribution in [1.29, 1.82) is 0 Å². The Bertz CT molecular complexity index is 1450. The molecule has 0 bridgehead atoms. The quantitative estimate of drug-likeness (QED) is 0.273. The van der Waals surface area contributed by atoms with E-state index in [4.69, 9.17) is 0 Å². The standard InChI is InChI=1S/C25H24N6O3S/c1-15-7-9-19(10-8-15)31-25(34)22(17(3)30-31)16(2)28-29-24(33)21-12-11-20(35-21)23(32)27-14-18-6-4-5-13-26-18/h4-13,30H,14H2,1-3H3,(H,27,32)(H,29,33)/b28-16+. The second kappa shape index (κ2) is 10.3. The minimum absolute atomic E-state index is 0.259. The molecule has 0 aliphatic heterocycles. The van der Waals surface area contributed by atoms with Gasteiger partial charge in [0.25, 0.3) is 17.4 Å². The zero-order valence-corrected chi connectivity index (χ0v) is 20.3. The van der Waals surface area contributed by atoms with Gasteiger partial charge in [0.2, 0.25) is 0 Å². The minimum Gasteiger partial charge on any atom is -0.346 e. The number of nitrogens with zero attached hydrogens (tertiary/aromatic N) is 3. The molecule has 0 unspecified atom stereocenters. The molecule has 0 spiro atoms. The molecule has 35 heavy (non-hydrogen) atoms. The third-order valence-electron chi connectivity index (χ3n) is 5.26. The molecule has 3 heterocycles. The van der Waals surface area contributed by atoms with Crippen LogP contribution in [0.15, 0.2) is 70.7 Å². The third-order valence-corrected chi connectivity index (χ3v) is 6.34. The predicted molar refractivity (Wildman–Crippen MR) is 135 cm³/mol. The number of aromatic nitrogens is 3. The van der Waals surface area contributed by atoms with Gasteiger partial charge in [0, 0.05) is 11.9 Å². The fourth-order valence-electron chi connectivity index (χ4n) is 3.44. The van der Waals surface area contributed by atoms with Gasteiger partial charge in [-0.2, -0.15) is 5.10 Å². The first kappa shape index (κ1) is 23.8. The minimum atomic E-state index is -0.467. The number of aryl methyl sites for hydroxylation is 2. The van der Waals surface area contributed by atoms with E-state index in [0.717, 1.165) is 22.6 Å². The molecule has 10 heteroatoms. The van der Waals surface area contributed by atoms with Crippen LogP contribution in [-0.4, -0.2) is 32.3 Å². The molecule has 2 amide bonds. The molecular formula is C25H24N6O3S. The number of aromatic amines is 1. The zero-order valence-electron chi connectivity index (χ0n) is 19.5. The Morgan fingerprint density at radius 3 is 2.43 bits per heavy atom. The van der Waals surface area contributed by atoms with Crippen molar-refractivity contribution in [3.63, 3.8) is 0 Å². The lowest BCUT2D eigenvalue weighted by atomic mass is 10.2. The molecule has 0 saturated heterocycles. The Morgan fingerprint density at radius 2 is 1.74 bits per heavy atom. The summed E-state index contributed by atoms with van der Waals surface area (Å²) in [5.74, 6) is -0.760. The second-order valence-corrected chi connectivity index (χ2v) is 8.98. The molecule has 9 nitrogen and oxygen atoms in total. The number of hydrogen-bond donors (Lipinski definition) is 3. The molecule has 4 rings (SSSR count). The molecule has 178 valence electrons. The van der Waals surface area contributed by atoms with E-state index in [1.165, 1.54) is 4.68 Å². The molecule has 3 aromatic heterocycles. The Kier molecular flexibility index (Phi) is 7.02. The van der Waals surface area contributed by atoms with Crippen molar-refractivity contribution in [2.24, 2.45) is 5.10 Å². The number of carbonyl (C=O) groups is 2. The van der Waals surface area contributed by atoms with Crippen LogP contribution in [0.1, 0.15) is 48.8 Å². The van der Waals surface area contributed by atoms with Crippen molar-refractivity contribution in [3.05, 3.63) is 103 Å². The number of hydrogen-bond acceptors (Lipinski definition) is 6. The summed E-state index contributed by atoms with van der Waals surface area (Å²) in [6.07, 6.45) is 1.66. The van der Waals surface area contributed by atoms with Gasteiger partial charge in [-0.15, -0.1) is 11.3 Å². The number of amides is 2. The lowest BCUT2D eigenvalue weighted by molar-refractivity contribution is 0.0949. The van der Waals surface area contributed by atoms with E-state index in [1.54, 1.807) is 38.2 Å². The molecule has 0 aliphatic rings. The van der Waals surface area contributed by atoms with Gasteiger partial charge in [0.15, 0.2) is 0 Å². The first-order chi connectivity index (χ1) is 16.8. The Balaban J connectivity index is 1.43. The van der Waals surface area contributed by atoms with Crippen LogP contribution in [0.25, 0.3) is 5.69 Å². The van der Waals surface area contributed by atoms with Gasteiger partial charge in [-0.3, -0.25) is 24.5 Å². The Labute approximate surface area is 205 Å². The second-order valence-electron chi connectivity index (χ2n) is 7.89.